The molecule has 0 fully saturated rings. The largest absolute Gasteiger partial charge is 0.347 e. The van der Waals surface area contributed by atoms with Gasteiger partial charge in [-0.2, -0.15) is 0 Å². The molecule has 1 heterocycles. The molecule has 0 spiro atoms. The highest BCUT2D eigenvalue weighted by Crippen LogP contribution is 2.30. The second-order valence-corrected chi connectivity index (χ2v) is 11.9. The fourth-order valence-corrected chi connectivity index (χ4v) is 5.63. The van der Waals surface area contributed by atoms with Gasteiger partial charge in [0.25, 0.3) is 10.0 Å². The molecule has 0 aliphatic heterocycles. The van der Waals surface area contributed by atoms with Crippen molar-refractivity contribution in [3.8, 4) is 11.1 Å². The van der Waals surface area contributed by atoms with Gasteiger partial charge in [0, 0.05) is 38.2 Å². The molecule has 0 aliphatic rings. The molecule has 9 nitrogen and oxygen atoms in total. The van der Waals surface area contributed by atoms with Crippen LogP contribution in [0.2, 0.25) is 0 Å². The second-order valence-electron chi connectivity index (χ2n) is 10.2. The summed E-state index contributed by atoms with van der Waals surface area (Å²) in [5.41, 5.74) is 3.28. The van der Waals surface area contributed by atoms with Gasteiger partial charge in [-0.25, -0.2) is 13.1 Å². The summed E-state index contributed by atoms with van der Waals surface area (Å²) in [6.07, 6.45) is 1.03. The molecular weight excluding hydrogens is 516 g/mol. The van der Waals surface area contributed by atoms with Gasteiger partial charge in [0.1, 0.15) is 6.04 Å². The van der Waals surface area contributed by atoms with Gasteiger partial charge >= 0.3 is 0 Å². The van der Waals surface area contributed by atoms with Gasteiger partial charge in [-0.1, -0.05) is 68.4 Å². The van der Waals surface area contributed by atoms with Gasteiger partial charge in [-0.15, -0.1) is 0 Å². The van der Waals surface area contributed by atoms with Crippen molar-refractivity contribution < 1.29 is 22.5 Å². The molecule has 3 rings (SSSR count). The van der Waals surface area contributed by atoms with Crippen molar-refractivity contribution in [1.29, 1.82) is 0 Å². The van der Waals surface area contributed by atoms with E-state index in [0.29, 0.717) is 35.2 Å². The molecule has 10 heteroatoms. The normalized spacial score (nSPS) is 12.3. The lowest BCUT2D eigenvalue weighted by Gasteiger charge is -2.35. The second kappa shape index (κ2) is 12.5. The number of nitrogens with zero attached hydrogens (tertiary/aromatic N) is 3. The minimum Gasteiger partial charge on any atom is -0.347 e. The summed E-state index contributed by atoms with van der Waals surface area (Å²) in [6, 6.07) is 13.5. The maximum Gasteiger partial charge on any atom is 0.264 e. The third kappa shape index (κ3) is 6.86. The summed E-state index contributed by atoms with van der Waals surface area (Å²) in [4.78, 5) is 29.4. The lowest BCUT2D eigenvalue weighted by Crippen LogP contribution is -2.51. The number of rotatable bonds is 11. The number of benzene rings is 2. The fraction of sp³-hybridized carbons (Fsp3) is 0.414. The Morgan fingerprint density at radius 2 is 1.67 bits per heavy atom. The van der Waals surface area contributed by atoms with Gasteiger partial charge in [0.05, 0.1) is 10.6 Å². The topological polar surface area (TPSA) is 113 Å². The van der Waals surface area contributed by atoms with Gasteiger partial charge in [0.15, 0.2) is 0 Å². The van der Waals surface area contributed by atoms with Crippen molar-refractivity contribution in [1.82, 2.24) is 15.0 Å². The van der Waals surface area contributed by atoms with E-state index >= 15 is 0 Å². The number of likely N-dealkylation sites (N-methyl/N-ethyl adjacent to an activating group) is 1. The van der Waals surface area contributed by atoms with Crippen molar-refractivity contribution in [2.45, 2.75) is 64.9 Å². The zero-order valence-corrected chi connectivity index (χ0v) is 24.5. The molecular formula is C29H38N4O5S. The molecule has 3 aromatic rings. The van der Waals surface area contributed by atoms with Crippen LogP contribution >= 0.6 is 0 Å². The highest BCUT2D eigenvalue weighted by atomic mass is 32.2. The minimum atomic E-state index is -3.97. The van der Waals surface area contributed by atoms with Crippen LogP contribution in [0.4, 0.5) is 5.88 Å². The average molecular weight is 555 g/mol. The van der Waals surface area contributed by atoms with E-state index in [1.807, 2.05) is 45.0 Å². The highest BCUT2D eigenvalue weighted by molar-refractivity contribution is 7.92. The van der Waals surface area contributed by atoms with Crippen LogP contribution in [0.15, 0.2) is 57.9 Å². The van der Waals surface area contributed by atoms with E-state index in [2.05, 4.69) is 9.88 Å². The number of anilines is 1. The lowest BCUT2D eigenvalue weighted by atomic mass is 9.98. The molecule has 0 saturated heterocycles. The Kier molecular flexibility index (Phi) is 9.55. The van der Waals surface area contributed by atoms with Crippen molar-refractivity contribution >= 4 is 27.7 Å². The number of aromatic nitrogens is 1. The molecule has 39 heavy (non-hydrogen) atoms. The van der Waals surface area contributed by atoms with Crippen LogP contribution < -0.4 is 4.72 Å². The van der Waals surface area contributed by atoms with Crippen LogP contribution in [0.25, 0.3) is 11.1 Å². The van der Waals surface area contributed by atoms with Crippen LogP contribution in [0.5, 0.6) is 0 Å². The first-order valence-electron chi connectivity index (χ1n) is 13.0. The Morgan fingerprint density at radius 3 is 2.21 bits per heavy atom. The van der Waals surface area contributed by atoms with E-state index in [-0.39, 0.29) is 35.1 Å². The molecule has 1 atom stereocenters. The molecule has 0 unspecified atom stereocenters. The number of hydrogen-bond acceptors (Lipinski definition) is 6. The molecule has 0 aliphatic carbocycles. The molecule has 2 amide bonds. The minimum absolute atomic E-state index is 0.0682. The maximum absolute atomic E-state index is 13.3. The Balaban J connectivity index is 1.93. The molecule has 2 aromatic carbocycles. The van der Waals surface area contributed by atoms with E-state index in [1.54, 1.807) is 51.0 Å². The number of sulfonamides is 1. The van der Waals surface area contributed by atoms with Crippen LogP contribution in [0.3, 0.4) is 0 Å². The summed E-state index contributed by atoms with van der Waals surface area (Å²) >= 11 is 0. The summed E-state index contributed by atoms with van der Waals surface area (Å²) in [5.74, 6) is -0.173. The van der Waals surface area contributed by atoms with E-state index in [9.17, 15) is 18.0 Å². The summed E-state index contributed by atoms with van der Waals surface area (Å²) in [5, 5.41) is 3.82. The van der Waals surface area contributed by atoms with E-state index in [0.717, 1.165) is 5.56 Å². The van der Waals surface area contributed by atoms with Crippen molar-refractivity contribution in [2.24, 2.45) is 5.92 Å². The summed E-state index contributed by atoms with van der Waals surface area (Å²) < 4.78 is 34.2. The fourth-order valence-electron chi connectivity index (χ4n) is 4.36. The predicted octanol–water partition coefficient (Wildman–Crippen LogP) is 5.00. The maximum atomic E-state index is 13.3. The Bertz CT molecular complexity index is 1410. The number of carbonyl (C=O) groups is 2. The highest BCUT2D eigenvalue weighted by Gasteiger charge is 2.33. The van der Waals surface area contributed by atoms with Crippen LogP contribution in [-0.2, 0) is 26.2 Å². The number of amides is 2. The first-order valence-corrected chi connectivity index (χ1v) is 14.5. The standard InChI is InChI=1S/C29H38N4O5S/c1-8-11-26(34)33(27(19(2)3)29(35)32(6)7)18-22-14-16-23(17-15-22)24-12-9-10-13-25(24)39(36,37)31-28-20(4)21(5)30-38-28/h9-10,12-17,19,27,31H,8,11,18H2,1-7H3/t27-/m0/s1. The van der Waals surface area contributed by atoms with Gasteiger partial charge < -0.3 is 14.3 Å². The number of nitrogens with one attached hydrogen (secondary N) is 1. The molecule has 1 aromatic heterocycles. The molecule has 1 N–H and O–H groups in total. The van der Waals surface area contributed by atoms with Crippen molar-refractivity contribution in [2.75, 3.05) is 18.8 Å². The smallest absolute Gasteiger partial charge is 0.264 e. The lowest BCUT2D eigenvalue weighted by molar-refractivity contribution is -0.147. The first kappa shape index (κ1) is 29.9. The molecule has 0 saturated carbocycles. The van der Waals surface area contributed by atoms with Gasteiger partial charge in [-0.3, -0.25) is 9.59 Å². The van der Waals surface area contributed by atoms with E-state index < -0.39 is 16.1 Å². The monoisotopic (exact) mass is 554 g/mol. The third-order valence-electron chi connectivity index (χ3n) is 6.62. The first-order chi connectivity index (χ1) is 18.4. The molecule has 0 radical (unpaired) electrons. The summed E-state index contributed by atoms with van der Waals surface area (Å²) in [6.45, 7) is 9.56. The SMILES string of the molecule is CCCC(=O)N(Cc1ccc(-c2ccccc2S(=O)(=O)Nc2onc(C)c2C)cc1)[C@H](C(=O)N(C)C)C(C)C. The van der Waals surface area contributed by atoms with Gasteiger partial charge in [0.2, 0.25) is 17.7 Å². The Labute approximate surface area is 231 Å². The van der Waals surface area contributed by atoms with E-state index in [1.165, 1.54) is 11.0 Å². The van der Waals surface area contributed by atoms with E-state index in [4.69, 9.17) is 4.52 Å². The third-order valence-corrected chi connectivity index (χ3v) is 8.01. The number of carbonyl (C=O) groups excluding carboxylic acids is 2. The number of hydrogen-bond donors (Lipinski definition) is 1. The van der Waals surface area contributed by atoms with Crippen molar-refractivity contribution in [3.63, 3.8) is 0 Å². The number of aryl methyl sites for hydroxylation is 1. The quantitative estimate of drug-likeness (QED) is 0.357. The average Bonchev–Trinajstić information content (AvgIpc) is 3.20. The van der Waals surface area contributed by atoms with Crippen LogP contribution in [0, 0.1) is 19.8 Å². The van der Waals surface area contributed by atoms with Crippen molar-refractivity contribution in [3.05, 3.63) is 65.4 Å². The van der Waals surface area contributed by atoms with Crippen LogP contribution in [0.1, 0.15) is 50.4 Å². The summed E-state index contributed by atoms with van der Waals surface area (Å²) in [7, 11) is -0.576. The zero-order valence-electron chi connectivity index (χ0n) is 23.7. The molecule has 0 bridgehead atoms. The van der Waals surface area contributed by atoms with Crippen LogP contribution in [-0.4, -0.2) is 55.3 Å². The zero-order chi connectivity index (χ0) is 28.9. The van der Waals surface area contributed by atoms with Gasteiger partial charge in [-0.05, 0) is 43.4 Å². The Hall–Kier alpha value is -3.66. The predicted molar refractivity (Wildman–Crippen MR) is 151 cm³/mol. The Morgan fingerprint density at radius 1 is 1.03 bits per heavy atom. The molecule has 210 valence electrons.